The van der Waals surface area contributed by atoms with Gasteiger partial charge in [-0.2, -0.15) is 5.26 Å². The van der Waals surface area contributed by atoms with Crippen LogP contribution in [-0.4, -0.2) is 14.2 Å². The van der Waals surface area contributed by atoms with Gasteiger partial charge in [0.2, 0.25) is 0 Å². The standard InChI is InChI=1S/C15H13BrN2O2/c1-19-14-6-5-12(8-15(14)20-2)18-13-7-11(16)4-3-10(13)9-17/h3-8,18H,1-2H3. The van der Waals surface area contributed by atoms with Crippen LogP contribution in [0.25, 0.3) is 0 Å². The summed E-state index contributed by atoms with van der Waals surface area (Å²) in [5, 5.41) is 12.3. The zero-order valence-corrected chi connectivity index (χ0v) is 12.7. The van der Waals surface area contributed by atoms with Crippen LogP contribution in [0.1, 0.15) is 5.56 Å². The average Bonchev–Trinajstić information content (AvgIpc) is 2.47. The van der Waals surface area contributed by atoms with Crippen molar-refractivity contribution < 1.29 is 9.47 Å². The van der Waals surface area contributed by atoms with Crippen molar-refractivity contribution in [2.24, 2.45) is 0 Å². The Labute approximate surface area is 126 Å². The van der Waals surface area contributed by atoms with E-state index in [9.17, 15) is 0 Å². The number of nitriles is 1. The molecule has 0 aliphatic carbocycles. The number of rotatable bonds is 4. The molecule has 0 aliphatic heterocycles. The van der Waals surface area contributed by atoms with Crippen LogP contribution in [0.15, 0.2) is 40.9 Å². The van der Waals surface area contributed by atoms with E-state index in [1.165, 1.54) is 0 Å². The molecule has 0 bridgehead atoms. The molecular weight excluding hydrogens is 320 g/mol. The van der Waals surface area contributed by atoms with Gasteiger partial charge in [0.05, 0.1) is 25.5 Å². The van der Waals surface area contributed by atoms with Crippen molar-refractivity contribution in [2.75, 3.05) is 19.5 Å². The molecule has 2 rings (SSSR count). The van der Waals surface area contributed by atoms with Gasteiger partial charge in [-0.25, -0.2) is 0 Å². The SMILES string of the molecule is COc1ccc(Nc2cc(Br)ccc2C#N)cc1OC. The van der Waals surface area contributed by atoms with Gasteiger partial charge in [-0.15, -0.1) is 0 Å². The molecule has 0 unspecified atom stereocenters. The maximum absolute atomic E-state index is 9.12. The van der Waals surface area contributed by atoms with Gasteiger partial charge in [-0.05, 0) is 30.3 Å². The van der Waals surface area contributed by atoms with Crippen molar-refractivity contribution in [3.8, 4) is 17.6 Å². The summed E-state index contributed by atoms with van der Waals surface area (Å²) in [6.45, 7) is 0. The van der Waals surface area contributed by atoms with Gasteiger partial charge in [0.15, 0.2) is 11.5 Å². The van der Waals surface area contributed by atoms with E-state index in [2.05, 4.69) is 27.3 Å². The van der Waals surface area contributed by atoms with E-state index in [1.807, 2.05) is 30.3 Å². The van der Waals surface area contributed by atoms with Gasteiger partial charge >= 0.3 is 0 Å². The van der Waals surface area contributed by atoms with E-state index in [4.69, 9.17) is 14.7 Å². The highest BCUT2D eigenvalue weighted by Crippen LogP contribution is 2.32. The molecular formula is C15H13BrN2O2. The fraction of sp³-hybridized carbons (Fsp3) is 0.133. The third-order valence-electron chi connectivity index (χ3n) is 2.76. The molecule has 0 aromatic heterocycles. The van der Waals surface area contributed by atoms with Crippen molar-refractivity contribution in [1.82, 2.24) is 0 Å². The van der Waals surface area contributed by atoms with Crippen LogP contribution in [0.4, 0.5) is 11.4 Å². The molecule has 0 fully saturated rings. The van der Waals surface area contributed by atoms with E-state index in [0.717, 1.165) is 15.8 Å². The number of hydrogen-bond acceptors (Lipinski definition) is 4. The molecule has 0 spiro atoms. The van der Waals surface area contributed by atoms with E-state index < -0.39 is 0 Å². The topological polar surface area (TPSA) is 54.3 Å². The predicted molar refractivity (Wildman–Crippen MR) is 81.7 cm³/mol. The van der Waals surface area contributed by atoms with Crippen LogP contribution in [-0.2, 0) is 0 Å². The molecule has 2 aromatic rings. The fourth-order valence-electron chi connectivity index (χ4n) is 1.79. The Morgan fingerprint density at radius 2 is 1.80 bits per heavy atom. The largest absolute Gasteiger partial charge is 0.493 e. The molecule has 0 aliphatic rings. The molecule has 0 atom stereocenters. The van der Waals surface area contributed by atoms with Gasteiger partial charge in [-0.3, -0.25) is 0 Å². The van der Waals surface area contributed by atoms with Crippen molar-refractivity contribution in [1.29, 1.82) is 5.26 Å². The van der Waals surface area contributed by atoms with E-state index in [0.29, 0.717) is 17.1 Å². The highest BCUT2D eigenvalue weighted by molar-refractivity contribution is 9.10. The first kappa shape index (κ1) is 14.2. The lowest BCUT2D eigenvalue weighted by Gasteiger charge is -2.12. The second-order valence-corrected chi connectivity index (χ2v) is 4.91. The minimum atomic E-state index is 0.572. The summed E-state index contributed by atoms with van der Waals surface area (Å²) in [7, 11) is 3.18. The van der Waals surface area contributed by atoms with Crippen LogP contribution in [0.5, 0.6) is 11.5 Å². The predicted octanol–water partition coefficient (Wildman–Crippen LogP) is 4.08. The van der Waals surface area contributed by atoms with Crippen LogP contribution >= 0.6 is 15.9 Å². The fourth-order valence-corrected chi connectivity index (χ4v) is 2.15. The number of nitrogens with one attached hydrogen (secondary N) is 1. The third-order valence-corrected chi connectivity index (χ3v) is 3.26. The van der Waals surface area contributed by atoms with Crippen LogP contribution in [0.2, 0.25) is 0 Å². The molecule has 5 heteroatoms. The molecule has 0 saturated carbocycles. The van der Waals surface area contributed by atoms with Gasteiger partial charge in [0.1, 0.15) is 6.07 Å². The van der Waals surface area contributed by atoms with Crippen molar-refractivity contribution >= 4 is 27.3 Å². The molecule has 20 heavy (non-hydrogen) atoms. The number of nitrogens with zero attached hydrogens (tertiary/aromatic N) is 1. The lowest BCUT2D eigenvalue weighted by Crippen LogP contribution is -1.96. The maximum atomic E-state index is 9.12. The summed E-state index contributed by atoms with van der Waals surface area (Å²) in [4.78, 5) is 0. The van der Waals surface area contributed by atoms with Crippen LogP contribution < -0.4 is 14.8 Å². The summed E-state index contributed by atoms with van der Waals surface area (Å²) >= 11 is 3.40. The Bertz CT molecular complexity index is 665. The molecule has 0 amide bonds. The second kappa shape index (κ2) is 6.31. The minimum absolute atomic E-state index is 0.572. The first-order valence-corrected chi connectivity index (χ1v) is 6.66. The lowest BCUT2D eigenvalue weighted by molar-refractivity contribution is 0.355. The zero-order valence-electron chi connectivity index (χ0n) is 11.1. The summed E-state index contributed by atoms with van der Waals surface area (Å²) in [5.41, 5.74) is 2.12. The number of halogens is 1. The zero-order chi connectivity index (χ0) is 14.5. The van der Waals surface area contributed by atoms with E-state index >= 15 is 0 Å². The van der Waals surface area contributed by atoms with E-state index in [1.54, 1.807) is 20.3 Å². The summed E-state index contributed by atoms with van der Waals surface area (Å²) < 4.78 is 11.4. The van der Waals surface area contributed by atoms with Crippen LogP contribution in [0, 0.1) is 11.3 Å². The van der Waals surface area contributed by atoms with Crippen molar-refractivity contribution in [3.05, 3.63) is 46.4 Å². The van der Waals surface area contributed by atoms with E-state index in [-0.39, 0.29) is 0 Å². The second-order valence-electron chi connectivity index (χ2n) is 4.00. The van der Waals surface area contributed by atoms with Gasteiger partial charge in [-0.1, -0.05) is 15.9 Å². The van der Waals surface area contributed by atoms with Crippen LogP contribution in [0.3, 0.4) is 0 Å². The number of anilines is 2. The van der Waals surface area contributed by atoms with Crippen molar-refractivity contribution in [2.45, 2.75) is 0 Å². The van der Waals surface area contributed by atoms with Gasteiger partial charge in [0.25, 0.3) is 0 Å². The Morgan fingerprint density at radius 1 is 1.05 bits per heavy atom. The number of benzene rings is 2. The first-order valence-electron chi connectivity index (χ1n) is 5.86. The number of methoxy groups -OCH3 is 2. The molecule has 0 saturated heterocycles. The normalized spacial score (nSPS) is 9.70. The Hall–Kier alpha value is -2.19. The Balaban J connectivity index is 2.35. The molecule has 2 aromatic carbocycles. The quantitative estimate of drug-likeness (QED) is 0.916. The van der Waals surface area contributed by atoms with Gasteiger partial charge in [0, 0.05) is 16.2 Å². The molecule has 1 N–H and O–H groups in total. The molecule has 4 nitrogen and oxygen atoms in total. The smallest absolute Gasteiger partial charge is 0.162 e. The molecule has 0 radical (unpaired) electrons. The van der Waals surface area contributed by atoms with Gasteiger partial charge < -0.3 is 14.8 Å². The lowest BCUT2D eigenvalue weighted by atomic mass is 10.2. The summed E-state index contributed by atoms with van der Waals surface area (Å²) in [5.74, 6) is 1.29. The molecule has 0 heterocycles. The summed E-state index contributed by atoms with van der Waals surface area (Å²) in [6.07, 6.45) is 0. The average molecular weight is 333 g/mol. The van der Waals surface area contributed by atoms with Crippen molar-refractivity contribution in [3.63, 3.8) is 0 Å². The monoisotopic (exact) mass is 332 g/mol. The maximum Gasteiger partial charge on any atom is 0.162 e. The number of hydrogen-bond donors (Lipinski definition) is 1. The minimum Gasteiger partial charge on any atom is -0.493 e. The third kappa shape index (κ3) is 3.03. The highest BCUT2D eigenvalue weighted by Gasteiger charge is 2.07. The first-order chi connectivity index (χ1) is 9.67. The number of ether oxygens (including phenoxy) is 2. The Kier molecular flexibility index (Phi) is 4.49. The highest BCUT2D eigenvalue weighted by atomic mass is 79.9. The summed E-state index contributed by atoms with van der Waals surface area (Å²) in [6, 6.07) is 13.1. The Morgan fingerprint density at radius 3 is 2.45 bits per heavy atom. The molecule has 102 valence electrons.